The number of likely N-dealkylation sites (tertiary alicyclic amines) is 1. The molecule has 1 heterocycles. The standard InChI is InChI=1S/C24H28F2N2O3/c1-2-30-22-16-18(10-12-21(22)31-24(25)26)11-13-23(29)27-17-20(28-14-6-7-15-28)19-8-4-3-5-9-19/h3-5,8-13,16,20,24H,2,6-7,14-15,17H2,1H3,(H,27,29)/b13-11+. The minimum atomic E-state index is -2.93. The normalized spacial score (nSPS) is 15.4. The van der Waals surface area contributed by atoms with Crippen LogP contribution < -0.4 is 14.8 Å². The predicted molar refractivity (Wildman–Crippen MR) is 116 cm³/mol. The van der Waals surface area contributed by atoms with Crippen molar-refractivity contribution in [1.29, 1.82) is 0 Å². The van der Waals surface area contributed by atoms with Crippen LogP contribution in [-0.4, -0.2) is 43.7 Å². The van der Waals surface area contributed by atoms with Crippen LogP contribution in [0.15, 0.2) is 54.6 Å². The van der Waals surface area contributed by atoms with E-state index in [1.54, 1.807) is 25.1 Å². The van der Waals surface area contributed by atoms with Gasteiger partial charge >= 0.3 is 6.61 Å². The van der Waals surface area contributed by atoms with Gasteiger partial charge in [-0.15, -0.1) is 0 Å². The minimum absolute atomic E-state index is 0.0326. The van der Waals surface area contributed by atoms with Gasteiger partial charge in [0, 0.05) is 12.6 Å². The number of halogens is 2. The fourth-order valence-electron chi connectivity index (χ4n) is 3.70. The predicted octanol–water partition coefficient (Wildman–Crippen LogP) is 4.65. The van der Waals surface area contributed by atoms with Crippen LogP contribution in [0.4, 0.5) is 8.78 Å². The third-order valence-corrected chi connectivity index (χ3v) is 5.15. The number of ether oxygens (including phenoxy) is 2. The molecule has 2 aromatic carbocycles. The van der Waals surface area contributed by atoms with Gasteiger partial charge in [-0.1, -0.05) is 36.4 Å². The SMILES string of the molecule is CCOc1cc(/C=C/C(=O)NCC(c2ccccc2)N2CCCC2)ccc1OC(F)F. The lowest BCUT2D eigenvalue weighted by atomic mass is 10.1. The van der Waals surface area contributed by atoms with E-state index in [1.165, 1.54) is 30.5 Å². The molecule has 1 amide bonds. The summed E-state index contributed by atoms with van der Waals surface area (Å²) in [7, 11) is 0. The summed E-state index contributed by atoms with van der Waals surface area (Å²) in [6.07, 6.45) is 5.40. The highest BCUT2D eigenvalue weighted by Gasteiger charge is 2.23. The minimum Gasteiger partial charge on any atom is -0.490 e. The number of nitrogens with zero attached hydrogens (tertiary/aromatic N) is 1. The van der Waals surface area contributed by atoms with Crippen LogP contribution >= 0.6 is 0 Å². The average molecular weight is 430 g/mol. The van der Waals surface area contributed by atoms with Crippen molar-refractivity contribution in [3.63, 3.8) is 0 Å². The number of carbonyl (C=O) groups is 1. The van der Waals surface area contributed by atoms with E-state index in [9.17, 15) is 13.6 Å². The average Bonchev–Trinajstić information content (AvgIpc) is 3.29. The molecule has 1 aliphatic rings. The Bertz CT molecular complexity index is 868. The molecule has 1 unspecified atom stereocenters. The first-order valence-electron chi connectivity index (χ1n) is 10.5. The van der Waals surface area contributed by atoms with Gasteiger partial charge in [-0.05, 0) is 62.2 Å². The van der Waals surface area contributed by atoms with Crippen molar-refractivity contribution in [3.05, 3.63) is 65.7 Å². The molecular weight excluding hydrogens is 402 g/mol. The Balaban J connectivity index is 1.63. The Morgan fingerprint density at radius 2 is 1.87 bits per heavy atom. The number of benzene rings is 2. The molecule has 1 aliphatic heterocycles. The van der Waals surface area contributed by atoms with E-state index in [0.29, 0.717) is 18.7 Å². The molecule has 5 nitrogen and oxygen atoms in total. The van der Waals surface area contributed by atoms with Gasteiger partial charge < -0.3 is 14.8 Å². The summed E-state index contributed by atoms with van der Waals surface area (Å²) >= 11 is 0. The van der Waals surface area contributed by atoms with Crippen LogP contribution in [0.3, 0.4) is 0 Å². The molecule has 0 aliphatic carbocycles. The molecule has 1 atom stereocenters. The van der Waals surface area contributed by atoms with E-state index in [1.807, 2.05) is 18.2 Å². The maximum absolute atomic E-state index is 12.5. The largest absolute Gasteiger partial charge is 0.490 e. The molecule has 0 bridgehead atoms. The van der Waals surface area contributed by atoms with Crippen molar-refractivity contribution >= 4 is 12.0 Å². The van der Waals surface area contributed by atoms with Gasteiger partial charge in [-0.3, -0.25) is 9.69 Å². The summed E-state index contributed by atoms with van der Waals surface area (Å²) in [5.74, 6) is -0.0377. The molecule has 0 radical (unpaired) electrons. The number of rotatable bonds is 10. The highest BCUT2D eigenvalue weighted by Crippen LogP contribution is 2.30. The first kappa shape index (κ1) is 22.7. The number of nitrogens with one attached hydrogen (secondary N) is 1. The second-order valence-electron chi connectivity index (χ2n) is 7.27. The lowest BCUT2D eigenvalue weighted by Crippen LogP contribution is -2.36. The number of carbonyl (C=O) groups excluding carboxylic acids is 1. The molecule has 2 aromatic rings. The Kier molecular flexibility index (Phi) is 8.41. The maximum atomic E-state index is 12.5. The smallest absolute Gasteiger partial charge is 0.387 e. The van der Waals surface area contributed by atoms with Crippen molar-refractivity contribution in [2.75, 3.05) is 26.2 Å². The van der Waals surface area contributed by atoms with Gasteiger partial charge in [0.05, 0.1) is 12.6 Å². The van der Waals surface area contributed by atoms with E-state index in [4.69, 9.17) is 4.74 Å². The monoisotopic (exact) mass is 430 g/mol. The van der Waals surface area contributed by atoms with Gasteiger partial charge in [0.1, 0.15) is 0 Å². The van der Waals surface area contributed by atoms with E-state index in [-0.39, 0.29) is 23.4 Å². The fraction of sp³-hybridized carbons (Fsp3) is 0.375. The van der Waals surface area contributed by atoms with Gasteiger partial charge in [0.25, 0.3) is 0 Å². The zero-order valence-corrected chi connectivity index (χ0v) is 17.6. The molecule has 0 spiro atoms. The van der Waals surface area contributed by atoms with Gasteiger partial charge in [-0.25, -0.2) is 0 Å². The second-order valence-corrected chi connectivity index (χ2v) is 7.27. The zero-order chi connectivity index (χ0) is 22.1. The molecular formula is C24H28F2N2O3. The molecule has 31 heavy (non-hydrogen) atoms. The Labute approximate surface area is 181 Å². The second kappa shape index (κ2) is 11.5. The van der Waals surface area contributed by atoms with E-state index >= 15 is 0 Å². The number of alkyl halides is 2. The third kappa shape index (κ3) is 6.79. The lowest BCUT2D eigenvalue weighted by molar-refractivity contribution is -0.116. The fourth-order valence-corrected chi connectivity index (χ4v) is 3.70. The molecule has 1 N–H and O–H groups in total. The summed E-state index contributed by atoms with van der Waals surface area (Å²) < 4.78 is 34.9. The van der Waals surface area contributed by atoms with E-state index in [0.717, 1.165) is 13.1 Å². The maximum Gasteiger partial charge on any atom is 0.387 e. The lowest BCUT2D eigenvalue weighted by Gasteiger charge is -2.28. The molecule has 1 saturated heterocycles. The molecule has 166 valence electrons. The zero-order valence-electron chi connectivity index (χ0n) is 17.6. The summed E-state index contributed by atoms with van der Waals surface area (Å²) in [6.45, 7) is 1.70. The third-order valence-electron chi connectivity index (χ3n) is 5.15. The van der Waals surface area contributed by atoms with Crippen molar-refractivity contribution in [1.82, 2.24) is 10.2 Å². The van der Waals surface area contributed by atoms with E-state index < -0.39 is 6.61 Å². The van der Waals surface area contributed by atoms with Gasteiger partial charge in [0.2, 0.25) is 5.91 Å². The number of hydrogen-bond acceptors (Lipinski definition) is 4. The highest BCUT2D eigenvalue weighted by molar-refractivity contribution is 5.91. The molecule has 7 heteroatoms. The van der Waals surface area contributed by atoms with Crippen LogP contribution in [0.2, 0.25) is 0 Å². The first-order chi connectivity index (χ1) is 15.1. The first-order valence-corrected chi connectivity index (χ1v) is 10.5. The van der Waals surface area contributed by atoms with Crippen LogP contribution in [-0.2, 0) is 4.79 Å². The summed E-state index contributed by atoms with van der Waals surface area (Å²) in [5.41, 5.74) is 1.84. The van der Waals surface area contributed by atoms with Crippen molar-refractivity contribution in [2.24, 2.45) is 0 Å². The topological polar surface area (TPSA) is 50.8 Å². The molecule has 0 aromatic heterocycles. The Morgan fingerprint density at radius 1 is 1.13 bits per heavy atom. The number of amides is 1. The highest BCUT2D eigenvalue weighted by atomic mass is 19.3. The van der Waals surface area contributed by atoms with Crippen molar-refractivity contribution in [2.45, 2.75) is 32.4 Å². The van der Waals surface area contributed by atoms with Gasteiger partial charge in [0.15, 0.2) is 11.5 Å². The van der Waals surface area contributed by atoms with Crippen molar-refractivity contribution in [3.8, 4) is 11.5 Å². The quantitative estimate of drug-likeness (QED) is 0.558. The number of hydrogen-bond donors (Lipinski definition) is 1. The van der Waals surface area contributed by atoms with Crippen LogP contribution in [0, 0.1) is 0 Å². The summed E-state index contributed by atoms with van der Waals surface area (Å²) in [4.78, 5) is 14.8. The van der Waals surface area contributed by atoms with Crippen LogP contribution in [0.5, 0.6) is 11.5 Å². The molecule has 1 fully saturated rings. The Hall–Kier alpha value is -2.93. The molecule has 0 saturated carbocycles. The molecule has 3 rings (SSSR count). The summed E-state index contributed by atoms with van der Waals surface area (Å²) in [5, 5.41) is 2.98. The summed E-state index contributed by atoms with van der Waals surface area (Å²) in [6, 6.07) is 14.9. The van der Waals surface area contributed by atoms with Crippen molar-refractivity contribution < 1.29 is 23.0 Å². The van der Waals surface area contributed by atoms with E-state index in [2.05, 4.69) is 27.1 Å². The van der Waals surface area contributed by atoms with Crippen LogP contribution in [0.1, 0.15) is 36.9 Å². The van der Waals surface area contributed by atoms with Gasteiger partial charge in [-0.2, -0.15) is 8.78 Å². The Morgan fingerprint density at radius 3 is 2.55 bits per heavy atom. The van der Waals surface area contributed by atoms with Crippen LogP contribution in [0.25, 0.3) is 6.08 Å².